The molecule has 2 aromatic carbocycles. The van der Waals surface area contributed by atoms with E-state index < -0.39 is 5.91 Å². The van der Waals surface area contributed by atoms with Gasteiger partial charge in [0.15, 0.2) is 17.8 Å². The Hall–Kier alpha value is -3.74. The minimum absolute atomic E-state index is 0.0225. The van der Waals surface area contributed by atoms with Crippen LogP contribution in [-0.2, 0) is 6.61 Å². The van der Waals surface area contributed by atoms with E-state index in [-0.39, 0.29) is 18.1 Å². The normalized spacial score (nSPS) is 10.4. The van der Waals surface area contributed by atoms with Gasteiger partial charge in [0.05, 0.1) is 14.2 Å². The second-order valence-electron chi connectivity index (χ2n) is 5.86. The van der Waals surface area contributed by atoms with Crippen LogP contribution < -0.4 is 19.9 Å². The summed E-state index contributed by atoms with van der Waals surface area (Å²) in [4.78, 5) is 22.2. The highest BCUT2D eigenvalue weighted by Gasteiger charge is 2.16. The molecule has 0 saturated carbocycles. The molecule has 3 rings (SSSR count). The largest absolute Gasteiger partial charge is 0.497 e. The fraction of sp³-hybridized carbons (Fsp3) is 0.143. The van der Waals surface area contributed by atoms with Gasteiger partial charge in [-0.1, -0.05) is 12.1 Å². The van der Waals surface area contributed by atoms with Crippen molar-refractivity contribution in [2.45, 2.75) is 6.61 Å². The fourth-order valence-corrected chi connectivity index (χ4v) is 2.75. The Bertz CT molecular complexity index is 991. The number of primary amides is 1. The maximum absolute atomic E-state index is 11.4. The zero-order valence-electron chi connectivity index (χ0n) is 15.4. The Morgan fingerprint density at radius 3 is 2.36 bits per heavy atom. The van der Waals surface area contributed by atoms with Gasteiger partial charge >= 0.3 is 0 Å². The molecule has 1 heterocycles. The Labute approximate surface area is 161 Å². The summed E-state index contributed by atoms with van der Waals surface area (Å²) in [5.41, 5.74) is 7.53. The fourth-order valence-electron chi connectivity index (χ4n) is 2.75. The van der Waals surface area contributed by atoms with Crippen molar-refractivity contribution in [3.63, 3.8) is 0 Å². The van der Waals surface area contributed by atoms with Crippen LogP contribution in [0.25, 0.3) is 11.1 Å². The molecule has 0 spiro atoms. The standard InChI is InChI=1S/C21H19NO6/c1-25-16-7-8-18(19(10-16)26-2)13-3-5-15(6-4-13)27-12-14-9-17(11-23)28-20(14)21(22)24/h3-11H,12H2,1-2H3,(H2,22,24). The molecule has 0 saturated heterocycles. The van der Waals surface area contributed by atoms with Crippen LogP contribution in [-0.4, -0.2) is 26.4 Å². The number of methoxy groups -OCH3 is 2. The number of rotatable bonds is 8. The van der Waals surface area contributed by atoms with Crippen LogP contribution in [0, 0.1) is 0 Å². The van der Waals surface area contributed by atoms with Crippen molar-refractivity contribution in [1.29, 1.82) is 0 Å². The van der Waals surface area contributed by atoms with Crippen LogP contribution in [0.4, 0.5) is 0 Å². The van der Waals surface area contributed by atoms with Crippen molar-refractivity contribution >= 4 is 12.2 Å². The highest BCUT2D eigenvalue weighted by atomic mass is 16.5. The first-order valence-electron chi connectivity index (χ1n) is 8.38. The van der Waals surface area contributed by atoms with Gasteiger partial charge in [0, 0.05) is 17.2 Å². The van der Waals surface area contributed by atoms with Gasteiger partial charge in [0.2, 0.25) is 0 Å². The van der Waals surface area contributed by atoms with Crippen molar-refractivity contribution < 1.29 is 28.2 Å². The third kappa shape index (κ3) is 3.98. The van der Waals surface area contributed by atoms with E-state index in [4.69, 9.17) is 24.4 Å². The Balaban J connectivity index is 1.76. The van der Waals surface area contributed by atoms with E-state index in [0.717, 1.165) is 11.1 Å². The SMILES string of the molecule is COc1ccc(-c2ccc(OCc3cc(C=O)oc3C(N)=O)cc2)c(OC)c1. The zero-order chi connectivity index (χ0) is 20.1. The first-order chi connectivity index (χ1) is 13.5. The van der Waals surface area contributed by atoms with E-state index >= 15 is 0 Å². The molecule has 0 fully saturated rings. The van der Waals surface area contributed by atoms with Gasteiger partial charge in [-0.25, -0.2) is 0 Å². The molecule has 0 radical (unpaired) electrons. The molecule has 0 aliphatic heterocycles. The molecule has 144 valence electrons. The molecule has 7 nitrogen and oxygen atoms in total. The number of ether oxygens (including phenoxy) is 3. The molecule has 0 atom stereocenters. The number of aldehydes is 1. The molecule has 0 aliphatic carbocycles. The van der Waals surface area contributed by atoms with Gasteiger partial charge in [0.1, 0.15) is 23.9 Å². The van der Waals surface area contributed by atoms with E-state index in [9.17, 15) is 9.59 Å². The molecular weight excluding hydrogens is 362 g/mol. The second kappa shape index (κ2) is 8.30. The first-order valence-corrected chi connectivity index (χ1v) is 8.38. The number of benzene rings is 2. The predicted octanol–water partition coefficient (Wildman–Crippen LogP) is 3.45. The number of hydrogen-bond acceptors (Lipinski definition) is 6. The summed E-state index contributed by atoms with van der Waals surface area (Å²) in [5.74, 6) is 1.17. The average Bonchev–Trinajstić information content (AvgIpc) is 3.16. The molecule has 7 heteroatoms. The summed E-state index contributed by atoms with van der Waals surface area (Å²) in [5, 5.41) is 0. The van der Waals surface area contributed by atoms with Crippen LogP contribution in [0.1, 0.15) is 26.7 Å². The average molecular weight is 381 g/mol. The third-order valence-electron chi connectivity index (χ3n) is 4.14. The summed E-state index contributed by atoms with van der Waals surface area (Å²) in [6.07, 6.45) is 0.507. The number of furan rings is 1. The van der Waals surface area contributed by atoms with Crippen molar-refractivity contribution in [2.75, 3.05) is 14.2 Å². The summed E-state index contributed by atoms with van der Waals surface area (Å²) < 4.78 is 21.4. The highest BCUT2D eigenvalue weighted by molar-refractivity contribution is 5.92. The quantitative estimate of drug-likeness (QED) is 0.600. The lowest BCUT2D eigenvalue weighted by Gasteiger charge is -2.11. The molecule has 0 bridgehead atoms. The van der Waals surface area contributed by atoms with Crippen molar-refractivity contribution in [3.05, 3.63) is 65.6 Å². The smallest absolute Gasteiger partial charge is 0.284 e. The van der Waals surface area contributed by atoms with E-state index in [1.54, 1.807) is 26.4 Å². The molecule has 0 aliphatic rings. The van der Waals surface area contributed by atoms with Gasteiger partial charge in [-0.2, -0.15) is 0 Å². The molecular formula is C21H19NO6. The first kappa shape index (κ1) is 19.0. The van der Waals surface area contributed by atoms with Gasteiger partial charge in [0.25, 0.3) is 5.91 Å². The minimum atomic E-state index is -0.756. The number of hydrogen-bond donors (Lipinski definition) is 1. The summed E-state index contributed by atoms with van der Waals surface area (Å²) in [6, 6.07) is 14.4. The monoisotopic (exact) mass is 381 g/mol. The molecule has 3 aromatic rings. The number of nitrogens with two attached hydrogens (primary N) is 1. The van der Waals surface area contributed by atoms with E-state index in [2.05, 4.69) is 0 Å². The maximum Gasteiger partial charge on any atom is 0.284 e. The Kier molecular flexibility index (Phi) is 5.64. The van der Waals surface area contributed by atoms with Gasteiger partial charge in [-0.3, -0.25) is 9.59 Å². The van der Waals surface area contributed by atoms with Crippen molar-refractivity contribution in [2.24, 2.45) is 5.73 Å². The summed E-state index contributed by atoms with van der Waals surface area (Å²) in [7, 11) is 3.20. The maximum atomic E-state index is 11.4. The van der Waals surface area contributed by atoms with Crippen molar-refractivity contribution in [1.82, 2.24) is 0 Å². The molecule has 2 N–H and O–H groups in total. The zero-order valence-corrected chi connectivity index (χ0v) is 15.4. The van der Waals surface area contributed by atoms with Gasteiger partial charge < -0.3 is 24.4 Å². The van der Waals surface area contributed by atoms with Gasteiger partial charge in [-0.05, 0) is 35.9 Å². The number of carbonyl (C=O) groups excluding carboxylic acids is 2. The Morgan fingerprint density at radius 2 is 1.75 bits per heavy atom. The minimum Gasteiger partial charge on any atom is -0.497 e. The van der Waals surface area contributed by atoms with Crippen LogP contribution in [0.3, 0.4) is 0 Å². The predicted molar refractivity (Wildman–Crippen MR) is 102 cm³/mol. The number of carbonyl (C=O) groups is 2. The summed E-state index contributed by atoms with van der Waals surface area (Å²) >= 11 is 0. The van der Waals surface area contributed by atoms with Crippen molar-refractivity contribution in [3.8, 4) is 28.4 Å². The lowest BCUT2D eigenvalue weighted by molar-refractivity contribution is 0.0967. The topological polar surface area (TPSA) is 101 Å². The van der Waals surface area contributed by atoms with Gasteiger partial charge in [-0.15, -0.1) is 0 Å². The third-order valence-corrected chi connectivity index (χ3v) is 4.14. The number of amides is 1. The Morgan fingerprint density at radius 1 is 1.04 bits per heavy atom. The molecule has 1 aromatic heterocycles. The molecule has 1 amide bonds. The lowest BCUT2D eigenvalue weighted by atomic mass is 10.0. The van der Waals surface area contributed by atoms with E-state index in [1.807, 2.05) is 30.3 Å². The van der Waals surface area contributed by atoms with Crippen LogP contribution in [0.15, 0.2) is 52.9 Å². The lowest BCUT2D eigenvalue weighted by Crippen LogP contribution is -2.12. The van der Waals surface area contributed by atoms with Crippen LogP contribution in [0.2, 0.25) is 0 Å². The van der Waals surface area contributed by atoms with E-state index in [1.165, 1.54) is 6.07 Å². The summed E-state index contributed by atoms with van der Waals surface area (Å²) in [6.45, 7) is 0.0425. The van der Waals surface area contributed by atoms with Crippen LogP contribution >= 0.6 is 0 Å². The van der Waals surface area contributed by atoms with E-state index in [0.29, 0.717) is 29.1 Å². The second-order valence-corrected chi connectivity index (χ2v) is 5.86. The molecule has 28 heavy (non-hydrogen) atoms. The van der Waals surface area contributed by atoms with Crippen LogP contribution in [0.5, 0.6) is 17.2 Å². The molecule has 0 unspecified atom stereocenters. The highest BCUT2D eigenvalue weighted by Crippen LogP contribution is 2.34.